The van der Waals surface area contributed by atoms with Gasteiger partial charge in [0.15, 0.2) is 6.10 Å². The number of fused-ring (bicyclic) bond motifs is 1. The van der Waals surface area contributed by atoms with Crippen LogP contribution in [0.15, 0.2) is 24.3 Å². The van der Waals surface area contributed by atoms with Crippen LogP contribution in [0.2, 0.25) is 0 Å². The summed E-state index contributed by atoms with van der Waals surface area (Å²) in [5.74, 6) is -3.27. The lowest BCUT2D eigenvalue weighted by atomic mass is 9.98. The number of hydrogen-bond donors (Lipinski definition) is 1. The number of ether oxygens (including phenoxy) is 3. The highest BCUT2D eigenvalue weighted by Gasteiger charge is 2.37. The van der Waals surface area contributed by atoms with Gasteiger partial charge in [-0.05, 0) is 25.5 Å². The van der Waals surface area contributed by atoms with Crippen molar-refractivity contribution < 1.29 is 33.4 Å². The van der Waals surface area contributed by atoms with Crippen LogP contribution in [0.1, 0.15) is 29.8 Å². The van der Waals surface area contributed by atoms with Gasteiger partial charge < -0.3 is 19.5 Å². The predicted octanol–water partition coefficient (Wildman–Crippen LogP) is 0.379. The van der Waals surface area contributed by atoms with E-state index in [4.69, 9.17) is 14.2 Å². The molecule has 1 aromatic rings. The molecule has 0 radical (unpaired) electrons. The van der Waals surface area contributed by atoms with E-state index in [1.807, 2.05) is 0 Å². The van der Waals surface area contributed by atoms with E-state index in [1.165, 1.54) is 0 Å². The Morgan fingerprint density at radius 3 is 2.36 bits per heavy atom. The Kier molecular flexibility index (Phi) is 6.10. The Hall–Kier alpha value is -2.90. The standard InChI is InChI=1S/C17H19NO7/c1-3-23-16(21)13(17(22)24-4-2)18-14(19)12-9-10-7-5-6-8-11(10)15(20)25-12/h5-8,12-13H,3-4,9H2,1-2H3,(H,18,19)/t12-/m0/s1. The minimum Gasteiger partial charge on any atom is -0.464 e. The number of rotatable bonds is 6. The number of nitrogens with one attached hydrogen (secondary N) is 1. The second-order valence-electron chi connectivity index (χ2n) is 5.20. The fourth-order valence-electron chi connectivity index (χ4n) is 2.38. The lowest BCUT2D eigenvalue weighted by Gasteiger charge is -2.25. The summed E-state index contributed by atoms with van der Waals surface area (Å²) in [5.41, 5.74) is 1.04. The highest BCUT2D eigenvalue weighted by atomic mass is 16.6. The Morgan fingerprint density at radius 2 is 1.76 bits per heavy atom. The Morgan fingerprint density at radius 1 is 1.16 bits per heavy atom. The summed E-state index contributed by atoms with van der Waals surface area (Å²) in [4.78, 5) is 48.1. The molecule has 1 heterocycles. The van der Waals surface area contributed by atoms with Crippen molar-refractivity contribution in [1.82, 2.24) is 5.32 Å². The third kappa shape index (κ3) is 4.34. The van der Waals surface area contributed by atoms with Crippen molar-refractivity contribution in [2.45, 2.75) is 32.4 Å². The number of carbonyl (C=O) groups is 4. The zero-order chi connectivity index (χ0) is 18.4. The van der Waals surface area contributed by atoms with Gasteiger partial charge in [0.1, 0.15) is 0 Å². The van der Waals surface area contributed by atoms with Crippen LogP contribution in [-0.4, -0.2) is 49.2 Å². The van der Waals surface area contributed by atoms with Gasteiger partial charge in [-0.3, -0.25) is 4.79 Å². The molecule has 0 aliphatic carbocycles. The van der Waals surface area contributed by atoms with Crippen molar-refractivity contribution in [3.8, 4) is 0 Å². The van der Waals surface area contributed by atoms with Crippen LogP contribution >= 0.6 is 0 Å². The molecule has 8 heteroatoms. The van der Waals surface area contributed by atoms with Crippen molar-refractivity contribution in [2.24, 2.45) is 0 Å². The first-order chi connectivity index (χ1) is 12.0. The molecule has 2 rings (SSSR count). The number of hydrogen-bond acceptors (Lipinski definition) is 7. The molecule has 1 aromatic carbocycles. The van der Waals surface area contributed by atoms with E-state index in [0.29, 0.717) is 11.1 Å². The third-order valence-corrected chi connectivity index (χ3v) is 3.52. The first-order valence-corrected chi connectivity index (χ1v) is 7.90. The molecule has 0 unspecified atom stereocenters. The third-order valence-electron chi connectivity index (χ3n) is 3.52. The SMILES string of the molecule is CCOC(=O)C(NC(=O)[C@@H]1Cc2ccccc2C(=O)O1)C(=O)OCC. The van der Waals surface area contributed by atoms with E-state index in [0.717, 1.165) is 0 Å². The van der Waals surface area contributed by atoms with E-state index in [2.05, 4.69) is 5.32 Å². The van der Waals surface area contributed by atoms with E-state index in [-0.39, 0.29) is 19.6 Å². The van der Waals surface area contributed by atoms with Crippen LogP contribution in [0, 0.1) is 0 Å². The van der Waals surface area contributed by atoms with E-state index >= 15 is 0 Å². The lowest BCUT2D eigenvalue weighted by molar-refractivity contribution is -0.160. The van der Waals surface area contributed by atoms with Gasteiger partial charge in [0, 0.05) is 6.42 Å². The molecular formula is C17H19NO7. The van der Waals surface area contributed by atoms with Gasteiger partial charge in [0.25, 0.3) is 5.91 Å². The van der Waals surface area contributed by atoms with Crippen LogP contribution < -0.4 is 5.32 Å². The largest absolute Gasteiger partial charge is 0.464 e. The summed E-state index contributed by atoms with van der Waals surface area (Å²) in [5, 5.41) is 2.24. The molecule has 1 amide bonds. The van der Waals surface area contributed by atoms with Crippen molar-refractivity contribution in [3.05, 3.63) is 35.4 Å². The van der Waals surface area contributed by atoms with Gasteiger partial charge in [0.05, 0.1) is 18.8 Å². The summed E-state index contributed by atoms with van der Waals surface area (Å²) in [6, 6.07) is 5.14. The fourth-order valence-corrected chi connectivity index (χ4v) is 2.38. The van der Waals surface area contributed by atoms with Crippen molar-refractivity contribution in [2.75, 3.05) is 13.2 Å². The maximum atomic E-state index is 12.4. The van der Waals surface area contributed by atoms with Gasteiger partial charge in [-0.25, -0.2) is 14.4 Å². The highest BCUT2D eigenvalue weighted by Crippen LogP contribution is 2.20. The quantitative estimate of drug-likeness (QED) is 0.449. The van der Waals surface area contributed by atoms with Crippen LogP contribution in [-0.2, 0) is 35.0 Å². The van der Waals surface area contributed by atoms with Gasteiger partial charge in [0.2, 0.25) is 6.04 Å². The van der Waals surface area contributed by atoms with Crippen LogP contribution in [0.3, 0.4) is 0 Å². The van der Waals surface area contributed by atoms with E-state index < -0.39 is 36.0 Å². The maximum Gasteiger partial charge on any atom is 0.340 e. The van der Waals surface area contributed by atoms with Gasteiger partial charge >= 0.3 is 17.9 Å². The molecule has 1 aliphatic rings. The number of amides is 1. The predicted molar refractivity (Wildman–Crippen MR) is 84.5 cm³/mol. The van der Waals surface area contributed by atoms with Crippen molar-refractivity contribution in [1.29, 1.82) is 0 Å². The minimum atomic E-state index is -1.61. The second kappa shape index (κ2) is 8.27. The second-order valence-corrected chi connectivity index (χ2v) is 5.20. The van der Waals surface area contributed by atoms with Gasteiger partial charge in [-0.1, -0.05) is 18.2 Å². The first kappa shape index (κ1) is 18.4. The average Bonchev–Trinajstić information content (AvgIpc) is 2.59. The molecule has 8 nitrogen and oxygen atoms in total. The zero-order valence-electron chi connectivity index (χ0n) is 13.9. The van der Waals surface area contributed by atoms with Crippen LogP contribution in [0.25, 0.3) is 0 Å². The molecule has 0 fully saturated rings. The zero-order valence-corrected chi connectivity index (χ0v) is 13.9. The number of esters is 3. The molecule has 134 valence electrons. The molecule has 0 bridgehead atoms. The monoisotopic (exact) mass is 349 g/mol. The first-order valence-electron chi connectivity index (χ1n) is 7.90. The number of benzene rings is 1. The maximum absolute atomic E-state index is 12.4. The molecule has 1 aliphatic heterocycles. The summed E-state index contributed by atoms with van der Waals surface area (Å²) in [6.07, 6.45) is -1.000. The summed E-state index contributed by atoms with van der Waals surface area (Å²) in [6.45, 7) is 3.22. The van der Waals surface area contributed by atoms with Crippen LogP contribution in [0.5, 0.6) is 0 Å². The minimum absolute atomic E-state index is 0.0381. The molecule has 1 atom stereocenters. The van der Waals surface area contributed by atoms with Crippen molar-refractivity contribution in [3.63, 3.8) is 0 Å². The summed E-state index contributed by atoms with van der Waals surface area (Å²) >= 11 is 0. The lowest BCUT2D eigenvalue weighted by Crippen LogP contribution is -2.53. The number of carbonyl (C=O) groups excluding carboxylic acids is 4. The van der Waals surface area contributed by atoms with Gasteiger partial charge in [-0.2, -0.15) is 0 Å². The van der Waals surface area contributed by atoms with Crippen molar-refractivity contribution >= 4 is 23.8 Å². The Balaban J connectivity index is 2.12. The molecule has 1 N–H and O–H groups in total. The summed E-state index contributed by atoms with van der Waals surface area (Å²) < 4.78 is 14.6. The Labute approximate surface area is 144 Å². The molecule has 0 saturated carbocycles. The average molecular weight is 349 g/mol. The molecule has 0 spiro atoms. The summed E-state index contributed by atoms with van der Waals surface area (Å²) in [7, 11) is 0. The topological polar surface area (TPSA) is 108 Å². The van der Waals surface area contributed by atoms with E-state index in [9.17, 15) is 19.2 Å². The molecule has 0 saturated heterocycles. The normalized spacial score (nSPS) is 15.8. The Bertz CT molecular complexity index is 667. The van der Waals surface area contributed by atoms with E-state index in [1.54, 1.807) is 38.1 Å². The smallest absolute Gasteiger partial charge is 0.340 e. The highest BCUT2D eigenvalue weighted by molar-refractivity contribution is 6.03. The number of cyclic esters (lactones) is 1. The fraction of sp³-hybridized carbons (Fsp3) is 0.412. The molecule has 25 heavy (non-hydrogen) atoms. The van der Waals surface area contributed by atoms with Gasteiger partial charge in [-0.15, -0.1) is 0 Å². The molecular weight excluding hydrogens is 330 g/mol. The van der Waals surface area contributed by atoms with Crippen LogP contribution in [0.4, 0.5) is 0 Å². The molecule has 0 aromatic heterocycles.